The lowest BCUT2D eigenvalue weighted by molar-refractivity contribution is -0.136. The highest BCUT2D eigenvalue weighted by Gasteiger charge is 2.14. The molecule has 0 atom stereocenters. The maximum Gasteiger partial charge on any atom is 0.343 e. The van der Waals surface area contributed by atoms with Crippen LogP contribution in [-0.2, 0) is 9.59 Å². The molecule has 3 aromatic rings. The zero-order chi connectivity index (χ0) is 23.8. The van der Waals surface area contributed by atoms with Gasteiger partial charge in [0.1, 0.15) is 11.5 Å². The first kappa shape index (κ1) is 23.8. The number of hydrogen-bond acceptors (Lipinski definition) is 6. The summed E-state index contributed by atoms with van der Waals surface area (Å²) in [5.41, 5.74) is 3.10. The topological polar surface area (TPSA) is 106 Å². The first-order valence-electron chi connectivity index (χ1n) is 9.42. The van der Waals surface area contributed by atoms with Crippen LogP contribution in [0, 0.1) is 0 Å². The van der Waals surface area contributed by atoms with Gasteiger partial charge in [-0.2, -0.15) is 5.10 Å². The summed E-state index contributed by atoms with van der Waals surface area (Å²) in [6.45, 7) is 0. The van der Waals surface area contributed by atoms with Gasteiger partial charge in [0.25, 0.3) is 0 Å². The second-order valence-electron chi connectivity index (χ2n) is 6.44. The second-order valence-corrected chi connectivity index (χ2v) is 7.26. The third kappa shape index (κ3) is 6.55. The molecule has 2 N–H and O–H groups in total. The predicted octanol–water partition coefficient (Wildman–Crippen LogP) is 4.31. The van der Waals surface area contributed by atoms with Crippen molar-refractivity contribution in [1.29, 1.82) is 0 Å². The van der Waals surface area contributed by atoms with Crippen LogP contribution in [0.4, 0.5) is 5.69 Å². The van der Waals surface area contributed by atoms with Gasteiger partial charge in [0.05, 0.1) is 28.9 Å². The highest BCUT2D eigenvalue weighted by molar-refractivity contribution is 6.43. The van der Waals surface area contributed by atoms with Crippen molar-refractivity contribution in [3.8, 4) is 11.5 Å². The quantitative estimate of drug-likeness (QED) is 0.178. The summed E-state index contributed by atoms with van der Waals surface area (Å²) >= 11 is 11.7. The van der Waals surface area contributed by atoms with Crippen LogP contribution in [-0.4, -0.2) is 31.1 Å². The first-order chi connectivity index (χ1) is 15.9. The summed E-state index contributed by atoms with van der Waals surface area (Å²) in [5.74, 6) is -1.84. The van der Waals surface area contributed by atoms with Crippen molar-refractivity contribution in [1.82, 2.24) is 5.43 Å². The molecule has 10 heteroatoms. The molecule has 0 aliphatic heterocycles. The molecule has 168 valence electrons. The smallest absolute Gasteiger partial charge is 0.343 e. The molecular formula is C23H17Cl2N3O5. The molecule has 0 fully saturated rings. The van der Waals surface area contributed by atoms with Gasteiger partial charge in [-0.3, -0.25) is 9.59 Å². The third-order valence-electron chi connectivity index (χ3n) is 4.18. The number of esters is 1. The molecule has 0 saturated heterocycles. The van der Waals surface area contributed by atoms with Gasteiger partial charge >= 0.3 is 17.8 Å². The normalized spacial score (nSPS) is 10.5. The number of hydrogen-bond donors (Lipinski definition) is 2. The van der Waals surface area contributed by atoms with Crippen LogP contribution >= 0.6 is 23.2 Å². The van der Waals surface area contributed by atoms with Gasteiger partial charge in [0.15, 0.2) is 0 Å². The van der Waals surface area contributed by atoms with Crippen molar-refractivity contribution in [3.05, 3.63) is 87.9 Å². The molecule has 0 bridgehead atoms. The Bertz CT molecular complexity index is 1230. The van der Waals surface area contributed by atoms with Crippen molar-refractivity contribution in [2.24, 2.45) is 5.10 Å². The Morgan fingerprint density at radius 1 is 0.909 bits per heavy atom. The van der Waals surface area contributed by atoms with E-state index in [2.05, 4.69) is 15.8 Å². The lowest BCUT2D eigenvalue weighted by Gasteiger charge is -2.08. The van der Waals surface area contributed by atoms with E-state index in [1.165, 1.54) is 31.5 Å². The van der Waals surface area contributed by atoms with E-state index in [0.717, 1.165) is 0 Å². The molecule has 0 aliphatic carbocycles. The zero-order valence-electron chi connectivity index (χ0n) is 17.2. The Labute approximate surface area is 199 Å². The Morgan fingerprint density at radius 2 is 1.70 bits per heavy atom. The van der Waals surface area contributed by atoms with E-state index in [1.807, 2.05) is 0 Å². The molecule has 0 radical (unpaired) electrons. The summed E-state index contributed by atoms with van der Waals surface area (Å²) in [7, 11) is 1.50. The third-order valence-corrected chi connectivity index (χ3v) is 4.92. The van der Waals surface area contributed by atoms with Gasteiger partial charge < -0.3 is 14.8 Å². The molecule has 33 heavy (non-hydrogen) atoms. The Kier molecular flexibility index (Phi) is 8.01. The van der Waals surface area contributed by atoms with Crippen LogP contribution in [0.1, 0.15) is 15.9 Å². The highest BCUT2D eigenvalue weighted by Crippen LogP contribution is 2.25. The van der Waals surface area contributed by atoms with Gasteiger partial charge in [-0.25, -0.2) is 10.2 Å². The van der Waals surface area contributed by atoms with Crippen molar-refractivity contribution in [3.63, 3.8) is 0 Å². The first-order valence-corrected chi connectivity index (χ1v) is 10.2. The maximum absolute atomic E-state index is 12.5. The van der Waals surface area contributed by atoms with Gasteiger partial charge in [-0.15, -0.1) is 0 Å². The molecule has 0 heterocycles. The van der Waals surface area contributed by atoms with Crippen LogP contribution in [0.2, 0.25) is 10.0 Å². The number of methoxy groups -OCH3 is 1. The molecule has 3 aromatic carbocycles. The number of carbonyl (C=O) groups is 3. The zero-order valence-corrected chi connectivity index (χ0v) is 18.7. The van der Waals surface area contributed by atoms with Crippen LogP contribution < -0.4 is 20.2 Å². The Hall–Kier alpha value is -3.88. The van der Waals surface area contributed by atoms with E-state index < -0.39 is 17.8 Å². The van der Waals surface area contributed by atoms with Crippen molar-refractivity contribution in [2.75, 3.05) is 12.4 Å². The van der Waals surface area contributed by atoms with E-state index >= 15 is 0 Å². The number of rotatable bonds is 6. The number of benzene rings is 3. The Balaban J connectivity index is 1.63. The van der Waals surface area contributed by atoms with E-state index in [1.54, 1.807) is 48.5 Å². The Morgan fingerprint density at radius 3 is 2.45 bits per heavy atom. The van der Waals surface area contributed by atoms with Gasteiger partial charge in [0.2, 0.25) is 0 Å². The fraction of sp³-hybridized carbons (Fsp3) is 0.0435. The second kappa shape index (κ2) is 11.1. The number of para-hydroxylation sites is 1. The van der Waals surface area contributed by atoms with E-state index in [4.69, 9.17) is 32.7 Å². The maximum atomic E-state index is 12.5. The molecule has 0 spiro atoms. The van der Waals surface area contributed by atoms with Gasteiger partial charge in [0, 0.05) is 11.3 Å². The number of carbonyl (C=O) groups excluding carboxylic acids is 3. The minimum atomic E-state index is -1.01. The number of ether oxygens (including phenoxy) is 2. The number of nitrogens with zero attached hydrogens (tertiary/aromatic N) is 1. The molecule has 3 rings (SSSR count). The van der Waals surface area contributed by atoms with Crippen molar-refractivity contribution >= 4 is 52.9 Å². The van der Waals surface area contributed by atoms with E-state index in [0.29, 0.717) is 27.6 Å². The summed E-state index contributed by atoms with van der Waals surface area (Å²) in [6, 6.07) is 17.5. The minimum Gasteiger partial charge on any atom is -0.497 e. The average Bonchev–Trinajstić information content (AvgIpc) is 2.82. The number of amides is 2. The van der Waals surface area contributed by atoms with Crippen LogP contribution in [0.3, 0.4) is 0 Å². The van der Waals surface area contributed by atoms with Crippen LogP contribution in [0.5, 0.6) is 11.5 Å². The minimum absolute atomic E-state index is 0.212. The largest absolute Gasteiger partial charge is 0.497 e. The molecule has 0 unspecified atom stereocenters. The summed E-state index contributed by atoms with van der Waals surface area (Å²) in [6.07, 6.45) is 1.25. The predicted molar refractivity (Wildman–Crippen MR) is 125 cm³/mol. The van der Waals surface area contributed by atoms with E-state index in [-0.39, 0.29) is 10.8 Å². The van der Waals surface area contributed by atoms with Crippen LogP contribution in [0.25, 0.3) is 0 Å². The van der Waals surface area contributed by atoms with Crippen LogP contribution in [0.15, 0.2) is 71.8 Å². The standard InChI is InChI=1S/C23H17Cl2N3O5/c1-32-17-7-4-6-14(11-17)23(31)33-20-8-3-2-5-15(20)13-26-28-22(30)21(29)27-16-9-10-18(24)19(25)12-16/h2-13H,1H3,(H,27,29)(H,28,30). The lowest BCUT2D eigenvalue weighted by Crippen LogP contribution is -2.32. The lowest BCUT2D eigenvalue weighted by atomic mass is 10.2. The molecule has 0 aliphatic rings. The van der Waals surface area contributed by atoms with Gasteiger partial charge in [-0.1, -0.05) is 41.4 Å². The average molecular weight is 486 g/mol. The molecular weight excluding hydrogens is 469 g/mol. The fourth-order valence-corrected chi connectivity index (χ4v) is 2.86. The summed E-state index contributed by atoms with van der Waals surface area (Å²) in [4.78, 5) is 36.5. The molecule has 0 saturated carbocycles. The highest BCUT2D eigenvalue weighted by atomic mass is 35.5. The van der Waals surface area contributed by atoms with Crippen molar-refractivity contribution < 1.29 is 23.9 Å². The van der Waals surface area contributed by atoms with Gasteiger partial charge in [-0.05, 0) is 48.5 Å². The summed E-state index contributed by atoms with van der Waals surface area (Å²) < 4.78 is 10.5. The summed E-state index contributed by atoms with van der Waals surface area (Å²) in [5, 5.41) is 6.68. The monoisotopic (exact) mass is 485 g/mol. The van der Waals surface area contributed by atoms with E-state index in [9.17, 15) is 14.4 Å². The molecule has 0 aromatic heterocycles. The van der Waals surface area contributed by atoms with Crippen molar-refractivity contribution in [2.45, 2.75) is 0 Å². The fourth-order valence-electron chi connectivity index (χ4n) is 2.56. The number of halogens is 2. The molecule has 2 amide bonds. The number of anilines is 1. The number of hydrazone groups is 1. The molecule has 8 nitrogen and oxygen atoms in total. The number of nitrogens with one attached hydrogen (secondary N) is 2. The SMILES string of the molecule is COc1cccc(C(=O)Oc2ccccc2C=NNC(=O)C(=O)Nc2ccc(Cl)c(Cl)c2)c1.